The number of aliphatic hydroxyl groups is 3. The average Bonchev–Trinajstić information content (AvgIpc) is 2.20. The number of aliphatic hydroxyl groups excluding tert-OH is 3. The minimum atomic E-state index is -2.12. The summed E-state index contributed by atoms with van der Waals surface area (Å²) in [5, 5.41) is 29.5. The molecule has 5 nitrogen and oxygen atoms in total. The Morgan fingerprint density at radius 3 is 2.00 bits per heavy atom. The Morgan fingerprint density at radius 2 is 1.56 bits per heavy atom. The van der Waals surface area contributed by atoms with Crippen LogP contribution in [-0.2, 0) is 9.16 Å². The Hall–Kier alpha value is 0.0169. The molecular formula is C12H26O5Si. The van der Waals surface area contributed by atoms with E-state index in [4.69, 9.17) is 9.16 Å². The van der Waals surface area contributed by atoms with Gasteiger partial charge in [0.25, 0.3) is 0 Å². The van der Waals surface area contributed by atoms with Gasteiger partial charge in [-0.3, -0.25) is 0 Å². The minimum Gasteiger partial charge on any atom is -0.408 e. The SMILES string of the molecule is C[C@H]1O[C@H](O)[C@H](O)[C@@H](O[Si](C)(C)C(C)(C)C)[C@@H]1O. The molecule has 0 spiro atoms. The van der Waals surface area contributed by atoms with Crippen LogP contribution in [-0.4, -0.2) is 54.3 Å². The first-order valence-electron chi connectivity index (χ1n) is 6.35. The Morgan fingerprint density at radius 1 is 1.06 bits per heavy atom. The lowest BCUT2D eigenvalue weighted by molar-refractivity contribution is -0.274. The van der Waals surface area contributed by atoms with E-state index >= 15 is 0 Å². The molecule has 1 heterocycles. The van der Waals surface area contributed by atoms with Crippen molar-refractivity contribution in [3.8, 4) is 0 Å². The number of rotatable bonds is 2. The van der Waals surface area contributed by atoms with E-state index in [1.807, 2.05) is 13.1 Å². The number of ether oxygens (including phenoxy) is 1. The van der Waals surface area contributed by atoms with Gasteiger partial charge in [0.2, 0.25) is 0 Å². The fourth-order valence-corrected chi connectivity index (χ4v) is 2.98. The lowest BCUT2D eigenvalue weighted by atomic mass is 10.0. The fourth-order valence-electron chi connectivity index (χ4n) is 1.67. The van der Waals surface area contributed by atoms with Crippen molar-refractivity contribution >= 4 is 8.32 Å². The van der Waals surface area contributed by atoms with E-state index in [0.717, 1.165) is 0 Å². The molecule has 1 aliphatic rings. The summed E-state index contributed by atoms with van der Waals surface area (Å²) in [6.45, 7) is 12.0. The van der Waals surface area contributed by atoms with Crippen molar-refractivity contribution < 1.29 is 24.5 Å². The number of hydrogen-bond acceptors (Lipinski definition) is 5. The smallest absolute Gasteiger partial charge is 0.192 e. The van der Waals surface area contributed by atoms with Crippen LogP contribution in [0.5, 0.6) is 0 Å². The van der Waals surface area contributed by atoms with Crippen molar-refractivity contribution in [2.75, 3.05) is 0 Å². The quantitative estimate of drug-likeness (QED) is 0.652. The first-order chi connectivity index (χ1) is 7.97. The van der Waals surface area contributed by atoms with E-state index in [1.54, 1.807) is 6.92 Å². The molecule has 3 N–H and O–H groups in total. The van der Waals surface area contributed by atoms with Crippen molar-refractivity contribution in [2.24, 2.45) is 0 Å². The maximum absolute atomic E-state index is 10.1. The summed E-state index contributed by atoms with van der Waals surface area (Å²) in [4.78, 5) is 0. The zero-order valence-electron chi connectivity index (χ0n) is 12.0. The van der Waals surface area contributed by atoms with Gasteiger partial charge in [-0.25, -0.2) is 0 Å². The largest absolute Gasteiger partial charge is 0.408 e. The van der Waals surface area contributed by atoms with Crippen LogP contribution in [0.1, 0.15) is 27.7 Å². The summed E-state index contributed by atoms with van der Waals surface area (Å²) >= 11 is 0. The van der Waals surface area contributed by atoms with Gasteiger partial charge >= 0.3 is 0 Å². The van der Waals surface area contributed by atoms with Crippen LogP contribution in [0, 0.1) is 0 Å². The molecule has 5 atom stereocenters. The molecule has 1 aliphatic heterocycles. The van der Waals surface area contributed by atoms with Crippen molar-refractivity contribution in [3.63, 3.8) is 0 Å². The fraction of sp³-hybridized carbons (Fsp3) is 1.00. The van der Waals surface area contributed by atoms with Gasteiger partial charge in [0, 0.05) is 0 Å². The van der Waals surface area contributed by atoms with Gasteiger partial charge in [0.05, 0.1) is 6.10 Å². The maximum Gasteiger partial charge on any atom is 0.192 e. The molecule has 18 heavy (non-hydrogen) atoms. The third-order valence-electron chi connectivity index (χ3n) is 4.04. The topological polar surface area (TPSA) is 79.2 Å². The van der Waals surface area contributed by atoms with Crippen LogP contribution < -0.4 is 0 Å². The van der Waals surface area contributed by atoms with Gasteiger partial charge in [-0.15, -0.1) is 0 Å². The van der Waals surface area contributed by atoms with E-state index in [-0.39, 0.29) is 5.04 Å². The van der Waals surface area contributed by atoms with E-state index in [9.17, 15) is 15.3 Å². The molecule has 0 aromatic carbocycles. The predicted molar refractivity (Wildman–Crippen MR) is 70.6 cm³/mol. The molecule has 1 fully saturated rings. The third-order valence-corrected chi connectivity index (χ3v) is 8.51. The molecule has 0 amide bonds. The molecule has 6 heteroatoms. The summed E-state index contributed by atoms with van der Waals surface area (Å²) < 4.78 is 11.0. The second-order valence-electron chi connectivity index (χ2n) is 6.56. The van der Waals surface area contributed by atoms with E-state index in [2.05, 4.69) is 20.8 Å². The van der Waals surface area contributed by atoms with Crippen LogP contribution in [0.3, 0.4) is 0 Å². The summed E-state index contributed by atoms with van der Waals surface area (Å²) in [6.07, 6.45) is -4.82. The first-order valence-corrected chi connectivity index (χ1v) is 9.25. The van der Waals surface area contributed by atoms with Crippen molar-refractivity contribution in [1.29, 1.82) is 0 Å². The van der Waals surface area contributed by atoms with Crippen molar-refractivity contribution in [1.82, 2.24) is 0 Å². The average molecular weight is 278 g/mol. The normalized spacial score (nSPS) is 38.8. The summed E-state index contributed by atoms with van der Waals surface area (Å²) in [7, 11) is -2.12. The van der Waals surface area contributed by atoms with Gasteiger partial charge in [-0.1, -0.05) is 20.8 Å². The first kappa shape index (κ1) is 16.1. The summed E-state index contributed by atoms with van der Waals surface area (Å²) in [6, 6.07) is 0. The lowest BCUT2D eigenvalue weighted by Crippen LogP contribution is -2.61. The highest BCUT2D eigenvalue weighted by molar-refractivity contribution is 6.74. The Bertz CT molecular complexity index is 275. The van der Waals surface area contributed by atoms with E-state index < -0.39 is 39.0 Å². The second-order valence-corrected chi connectivity index (χ2v) is 11.3. The summed E-state index contributed by atoms with van der Waals surface area (Å²) in [5.74, 6) is 0. The Labute approximate surface area is 110 Å². The predicted octanol–water partition coefficient (Wildman–Crippen LogP) is 0.836. The molecule has 0 unspecified atom stereocenters. The molecule has 0 aliphatic carbocycles. The molecule has 0 bridgehead atoms. The second kappa shape index (κ2) is 5.18. The molecule has 0 radical (unpaired) electrons. The monoisotopic (exact) mass is 278 g/mol. The highest BCUT2D eigenvalue weighted by Crippen LogP contribution is 2.39. The van der Waals surface area contributed by atoms with Crippen LogP contribution in [0.2, 0.25) is 18.1 Å². The highest BCUT2D eigenvalue weighted by Gasteiger charge is 2.48. The Balaban J connectivity index is 2.87. The van der Waals surface area contributed by atoms with Gasteiger partial charge in [-0.2, -0.15) is 0 Å². The van der Waals surface area contributed by atoms with E-state index in [0.29, 0.717) is 0 Å². The van der Waals surface area contributed by atoms with Crippen LogP contribution in [0.15, 0.2) is 0 Å². The zero-order chi connectivity index (χ0) is 14.3. The van der Waals surface area contributed by atoms with Crippen molar-refractivity contribution in [2.45, 2.75) is 76.5 Å². The molecule has 0 aromatic heterocycles. The zero-order valence-corrected chi connectivity index (χ0v) is 13.0. The highest BCUT2D eigenvalue weighted by atomic mass is 28.4. The van der Waals surface area contributed by atoms with Gasteiger partial charge in [0.1, 0.15) is 18.3 Å². The molecule has 1 saturated heterocycles. The van der Waals surface area contributed by atoms with Crippen LogP contribution >= 0.6 is 0 Å². The van der Waals surface area contributed by atoms with Crippen molar-refractivity contribution in [3.05, 3.63) is 0 Å². The van der Waals surface area contributed by atoms with E-state index in [1.165, 1.54) is 0 Å². The molecule has 1 rings (SSSR count). The third kappa shape index (κ3) is 3.12. The summed E-state index contributed by atoms with van der Waals surface area (Å²) in [5.41, 5.74) is 0. The molecular weight excluding hydrogens is 252 g/mol. The minimum absolute atomic E-state index is 0.0288. The molecule has 108 valence electrons. The van der Waals surface area contributed by atoms with Gasteiger partial charge in [0.15, 0.2) is 14.6 Å². The Kier molecular flexibility index (Phi) is 4.63. The van der Waals surface area contributed by atoms with Gasteiger partial charge < -0.3 is 24.5 Å². The number of hydrogen-bond donors (Lipinski definition) is 3. The maximum atomic E-state index is 10.1. The van der Waals surface area contributed by atoms with Crippen LogP contribution in [0.25, 0.3) is 0 Å². The lowest BCUT2D eigenvalue weighted by Gasteiger charge is -2.46. The molecule has 0 saturated carbocycles. The standard InChI is InChI=1S/C12H26O5Si/c1-7-8(13)10(9(14)11(15)16-7)17-18(5,6)12(2,3)4/h7-11,13-15H,1-6H3/t7-,8-,9-,10+,11+/m1/s1. The molecule has 0 aromatic rings. The van der Waals surface area contributed by atoms with Crippen LogP contribution in [0.4, 0.5) is 0 Å². The van der Waals surface area contributed by atoms with Gasteiger partial charge in [-0.05, 0) is 25.1 Å².